The minimum atomic E-state index is -3.31. The van der Waals surface area contributed by atoms with Gasteiger partial charge in [-0.25, -0.2) is 22.8 Å². The number of anilines is 3. The van der Waals surface area contributed by atoms with E-state index in [1.807, 2.05) is 0 Å². The van der Waals surface area contributed by atoms with Crippen molar-refractivity contribution in [3.63, 3.8) is 0 Å². The Labute approximate surface area is 138 Å². The van der Waals surface area contributed by atoms with Gasteiger partial charge in [0.15, 0.2) is 0 Å². The van der Waals surface area contributed by atoms with Crippen molar-refractivity contribution in [1.82, 2.24) is 9.97 Å². The molecular weight excluding hydrogens is 331 g/mol. The molecule has 6 nitrogen and oxygen atoms in total. The van der Waals surface area contributed by atoms with Crippen LogP contribution in [0.25, 0.3) is 10.9 Å². The first-order valence-corrected chi connectivity index (χ1v) is 8.90. The second-order valence-electron chi connectivity index (χ2n) is 5.07. The maximum absolute atomic E-state index is 13.8. The highest BCUT2D eigenvalue weighted by Crippen LogP contribution is 2.25. The number of fused-ring (bicyclic) bond motifs is 1. The summed E-state index contributed by atoms with van der Waals surface area (Å²) in [5.41, 5.74) is 1.40. The molecule has 3 rings (SSSR count). The maximum Gasteiger partial charge on any atom is 0.232 e. The first-order chi connectivity index (χ1) is 11.5. The molecule has 2 N–H and O–H groups in total. The third kappa shape index (κ3) is 3.43. The van der Waals surface area contributed by atoms with E-state index >= 15 is 0 Å². The van der Waals surface area contributed by atoms with Gasteiger partial charge in [-0.15, -0.1) is 0 Å². The topological polar surface area (TPSA) is 84.0 Å². The normalized spacial score (nSPS) is 11.4. The Kier molecular flexibility index (Phi) is 4.30. The lowest BCUT2D eigenvalue weighted by atomic mass is 10.2. The predicted octanol–water partition coefficient (Wildman–Crippen LogP) is 3.27. The Hall–Kier alpha value is -2.74. The van der Waals surface area contributed by atoms with Crippen LogP contribution in [0.4, 0.5) is 21.6 Å². The van der Waals surface area contributed by atoms with Crippen LogP contribution in [0.1, 0.15) is 6.92 Å². The van der Waals surface area contributed by atoms with Gasteiger partial charge in [0.1, 0.15) is 23.5 Å². The van der Waals surface area contributed by atoms with E-state index in [-0.39, 0.29) is 11.3 Å². The fourth-order valence-electron chi connectivity index (χ4n) is 2.16. The summed E-state index contributed by atoms with van der Waals surface area (Å²) >= 11 is 0. The summed E-state index contributed by atoms with van der Waals surface area (Å²) in [6.45, 7) is 1.57. The summed E-state index contributed by atoms with van der Waals surface area (Å²) in [6.07, 6.45) is 1.29. The summed E-state index contributed by atoms with van der Waals surface area (Å²) in [6, 6.07) is 11.4. The molecule has 0 aliphatic heterocycles. The molecule has 0 atom stereocenters. The Morgan fingerprint density at radius 3 is 2.46 bits per heavy atom. The summed E-state index contributed by atoms with van der Waals surface area (Å²) in [5, 5.41) is 3.65. The van der Waals surface area contributed by atoms with Crippen molar-refractivity contribution in [3.05, 3.63) is 54.6 Å². The van der Waals surface area contributed by atoms with Gasteiger partial charge in [-0.1, -0.05) is 6.07 Å². The molecule has 0 amide bonds. The predicted molar refractivity (Wildman–Crippen MR) is 92.3 cm³/mol. The quantitative estimate of drug-likeness (QED) is 0.741. The number of halogens is 1. The maximum atomic E-state index is 13.8. The summed E-state index contributed by atoms with van der Waals surface area (Å²) in [7, 11) is -3.31. The summed E-state index contributed by atoms with van der Waals surface area (Å²) in [5.74, 6) is 0.0644. The molecule has 1 heterocycles. The number of hydrogen-bond acceptors (Lipinski definition) is 5. The minimum absolute atomic E-state index is 0.00545. The average Bonchev–Trinajstić information content (AvgIpc) is 2.57. The van der Waals surface area contributed by atoms with Gasteiger partial charge in [0.25, 0.3) is 0 Å². The standard InChI is InChI=1S/C16H15FN4O2S/c1-2-24(22,23)21-12-8-6-11(7-9-12)20-16-13-4-3-5-14(17)15(13)18-10-19-16/h3-10,21H,2H2,1H3,(H,18,19,20). The molecule has 0 saturated carbocycles. The van der Waals surface area contributed by atoms with Crippen molar-refractivity contribution >= 4 is 38.1 Å². The van der Waals surface area contributed by atoms with Crippen molar-refractivity contribution in [2.75, 3.05) is 15.8 Å². The first-order valence-electron chi connectivity index (χ1n) is 7.25. The first kappa shape index (κ1) is 16.1. The lowest BCUT2D eigenvalue weighted by Crippen LogP contribution is -2.14. The molecule has 0 aliphatic rings. The molecule has 24 heavy (non-hydrogen) atoms. The summed E-state index contributed by atoms with van der Waals surface area (Å²) in [4.78, 5) is 8.08. The van der Waals surface area contributed by atoms with E-state index in [1.54, 1.807) is 43.3 Å². The van der Waals surface area contributed by atoms with E-state index < -0.39 is 15.8 Å². The minimum Gasteiger partial charge on any atom is -0.340 e. The molecule has 3 aromatic rings. The lowest BCUT2D eigenvalue weighted by molar-refractivity contribution is 0.602. The van der Waals surface area contributed by atoms with Gasteiger partial charge >= 0.3 is 0 Å². The summed E-state index contributed by atoms with van der Waals surface area (Å²) < 4.78 is 39.3. The van der Waals surface area contributed by atoms with E-state index in [0.29, 0.717) is 22.6 Å². The van der Waals surface area contributed by atoms with Crippen molar-refractivity contribution < 1.29 is 12.8 Å². The van der Waals surface area contributed by atoms with Crippen LogP contribution in [0, 0.1) is 5.82 Å². The SMILES string of the molecule is CCS(=O)(=O)Nc1ccc(Nc2ncnc3c(F)cccc23)cc1. The highest BCUT2D eigenvalue weighted by atomic mass is 32.2. The molecule has 0 saturated heterocycles. The number of hydrogen-bond donors (Lipinski definition) is 2. The monoisotopic (exact) mass is 346 g/mol. The molecule has 0 radical (unpaired) electrons. The van der Waals surface area contributed by atoms with Crippen molar-refractivity contribution in [2.24, 2.45) is 0 Å². The zero-order valence-corrected chi connectivity index (χ0v) is 13.6. The van der Waals surface area contributed by atoms with E-state index in [4.69, 9.17) is 0 Å². The van der Waals surface area contributed by atoms with Gasteiger partial charge in [-0.05, 0) is 43.3 Å². The number of para-hydroxylation sites is 1. The van der Waals surface area contributed by atoms with Gasteiger partial charge in [-0.3, -0.25) is 4.72 Å². The molecule has 0 aliphatic carbocycles. The second-order valence-corrected chi connectivity index (χ2v) is 7.08. The zero-order valence-electron chi connectivity index (χ0n) is 12.8. The number of aromatic nitrogens is 2. The van der Waals surface area contributed by atoms with Crippen LogP contribution in [-0.4, -0.2) is 24.1 Å². The largest absolute Gasteiger partial charge is 0.340 e. The lowest BCUT2D eigenvalue weighted by Gasteiger charge is -2.10. The van der Waals surface area contributed by atoms with Crippen LogP contribution in [-0.2, 0) is 10.0 Å². The van der Waals surface area contributed by atoms with Gasteiger partial charge in [0, 0.05) is 16.8 Å². The fraction of sp³-hybridized carbons (Fsp3) is 0.125. The zero-order chi connectivity index (χ0) is 17.2. The number of sulfonamides is 1. The molecule has 0 unspecified atom stereocenters. The molecule has 8 heteroatoms. The van der Waals surface area contributed by atoms with Crippen LogP contribution in [0.15, 0.2) is 48.8 Å². The van der Waals surface area contributed by atoms with Gasteiger partial charge < -0.3 is 5.32 Å². The Bertz CT molecular complexity index is 975. The van der Waals surface area contributed by atoms with Crippen LogP contribution in [0.3, 0.4) is 0 Å². The molecule has 0 fully saturated rings. The van der Waals surface area contributed by atoms with Crippen molar-refractivity contribution in [3.8, 4) is 0 Å². The highest BCUT2D eigenvalue weighted by molar-refractivity contribution is 7.92. The molecule has 0 spiro atoms. The molecule has 1 aromatic heterocycles. The molecule has 0 bridgehead atoms. The number of nitrogens with zero attached hydrogens (tertiary/aromatic N) is 2. The van der Waals surface area contributed by atoms with E-state index in [2.05, 4.69) is 20.0 Å². The van der Waals surface area contributed by atoms with E-state index in [9.17, 15) is 12.8 Å². The molecule has 2 aromatic carbocycles. The van der Waals surface area contributed by atoms with Crippen LogP contribution >= 0.6 is 0 Å². The number of nitrogens with one attached hydrogen (secondary N) is 2. The Morgan fingerprint density at radius 2 is 1.75 bits per heavy atom. The number of rotatable bonds is 5. The number of benzene rings is 2. The van der Waals surface area contributed by atoms with E-state index in [0.717, 1.165) is 0 Å². The Morgan fingerprint density at radius 1 is 1.04 bits per heavy atom. The van der Waals surface area contributed by atoms with Gasteiger partial charge in [0.05, 0.1) is 5.75 Å². The highest BCUT2D eigenvalue weighted by Gasteiger charge is 2.09. The van der Waals surface area contributed by atoms with Crippen LogP contribution in [0.5, 0.6) is 0 Å². The average molecular weight is 346 g/mol. The van der Waals surface area contributed by atoms with Crippen molar-refractivity contribution in [2.45, 2.75) is 6.92 Å². The smallest absolute Gasteiger partial charge is 0.232 e. The third-order valence-electron chi connectivity index (χ3n) is 3.42. The third-order valence-corrected chi connectivity index (χ3v) is 4.72. The van der Waals surface area contributed by atoms with Gasteiger partial charge in [0.2, 0.25) is 10.0 Å². The van der Waals surface area contributed by atoms with Crippen molar-refractivity contribution in [1.29, 1.82) is 0 Å². The second kappa shape index (κ2) is 6.40. The van der Waals surface area contributed by atoms with E-state index in [1.165, 1.54) is 12.4 Å². The van der Waals surface area contributed by atoms with Crippen LogP contribution < -0.4 is 10.0 Å². The molecular formula is C16H15FN4O2S. The Balaban J connectivity index is 1.86. The van der Waals surface area contributed by atoms with Gasteiger partial charge in [-0.2, -0.15) is 0 Å². The molecule has 124 valence electrons. The fourth-order valence-corrected chi connectivity index (χ4v) is 2.80. The van der Waals surface area contributed by atoms with Crippen LogP contribution in [0.2, 0.25) is 0 Å².